The Morgan fingerprint density at radius 2 is 0.724 bits per heavy atom. The molecule has 12 aromatic rings. The molecule has 2 heteroatoms. The summed E-state index contributed by atoms with van der Waals surface area (Å²) < 4.78 is 0. The molecule has 0 bridgehead atoms. The van der Waals surface area contributed by atoms with Crippen molar-refractivity contribution in [3.05, 3.63) is 206 Å². The Morgan fingerprint density at radius 1 is 0.241 bits per heavy atom. The second kappa shape index (κ2) is 12.9. The number of fused-ring (bicyclic) bond motifs is 7. The molecule has 0 N–H and O–H groups in total. The van der Waals surface area contributed by atoms with Gasteiger partial charge in [0.2, 0.25) is 0 Å². The van der Waals surface area contributed by atoms with E-state index >= 15 is 0 Å². The summed E-state index contributed by atoms with van der Waals surface area (Å²) >= 11 is 0. The van der Waals surface area contributed by atoms with E-state index in [1.54, 1.807) is 0 Å². The van der Waals surface area contributed by atoms with E-state index < -0.39 is 0 Å². The second-order valence-corrected chi connectivity index (χ2v) is 15.2. The Hall–Kier alpha value is -7.68. The molecule has 0 amide bonds. The molecule has 0 unspecified atom stereocenters. The van der Waals surface area contributed by atoms with Crippen molar-refractivity contribution in [1.29, 1.82) is 0 Å². The van der Waals surface area contributed by atoms with Crippen LogP contribution in [-0.2, 0) is 0 Å². The van der Waals surface area contributed by atoms with Crippen molar-refractivity contribution >= 4 is 75.5 Å². The van der Waals surface area contributed by atoms with Gasteiger partial charge in [0.05, 0.1) is 11.2 Å². The summed E-state index contributed by atoms with van der Waals surface area (Å²) in [5.74, 6) is 0.728. The summed E-state index contributed by atoms with van der Waals surface area (Å²) in [5, 5.41) is 16.1. The van der Waals surface area contributed by atoms with Crippen LogP contribution in [0.15, 0.2) is 206 Å². The van der Waals surface area contributed by atoms with Crippen LogP contribution in [0.25, 0.3) is 120 Å². The van der Waals surface area contributed by atoms with Gasteiger partial charge < -0.3 is 0 Å². The third-order valence-electron chi connectivity index (χ3n) is 12.0. The fourth-order valence-corrected chi connectivity index (χ4v) is 9.44. The van der Waals surface area contributed by atoms with Gasteiger partial charge in [-0.1, -0.05) is 194 Å². The van der Waals surface area contributed by atoms with Crippen molar-refractivity contribution in [3.8, 4) is 44.9 Å². The predicted molar refractivity (Wildman–Crippen MR) is 246 cm³/mol. The largest absolute Gasteiger partial charge is 0.228 e. The first-order chi connectivity index (χ1) is 28.8. The summed E-state index contributed by atoms with van der Waals surface area (Å²) in [5.41, 5.74) is 8.74. The molecule has 0 spiro atoms. The van der Waals surface area contributed by atoms with Crippen LogP contribution in [0.2, 0.25) is 0 Å². The minimum absolute atomic E-state index is 0.728. The Labute approximate surface area is 335 Å². The van der Waals surface area contributed by atoms with Crippen LogP contribution < -0.4 is 0 Å². The lowest BCUT2D eigenvalue weighted by Gasteiger charge is -2.16. The molecule has 1 aromatic heterocycles. The maximum Gasteiger partial charge on any atom is 0.161 e. The third kappa shape index (κ3) is 4.99. The lowest BCUT2D eigenvalue weighted by atomic mass is 9.87. The number of nitrogens with zero attached hydrogens (tertiary/aromatic N) is 2. The molecular formula is C56H34N2. The minimum atomic E-state index is 0.728. The zero-order valence-corrected chi connectivity index (χ0v) is 31.5. The third-order valence-corrected chi connectivity index (χ3v) is 12.0. The minimum Gasteiger partial charge on any atom is -0.228 e. The van der Waals surface area contributed by atoms with Gasteiger partial charge in [0, 0.05) is 16.5 Å². The van der Waals surface area contributed by atoms with Crippen molar-refractivity contribution in [2.75, 3.05) is 0 Å². The molecule has 0 radical (unpaired) electrons. The van der Waals surface area contributed by atoms with Gasteiger partial charge in [-0.15, -0.1) is 0 Å². The van der Waals surface area contributed by atoms with E-state index in [1.807, 2.05) is 12.1 Å². The molecule has 1 heterocycles. The highest BCUT2D eigenvalue weighted by Gasteiger charge is 2.17. The van der Waals surface area contributed by atoms with E-state index in [1.165, 1.54) is 81.5 Å². The van der Waals surface area contributed by atoms with Crippen molar-refractivity contribution in [2.24, 2.45) is 0 Å². The molecule has 0 aliphatic heterocycles. The smallest absolute Gasteiger partial charge is 0.161 e. The fraction of sp³-hybridized carbons (Fsp3) is 0. The van der Waals surface area contributed by atoms with Crippen LogP contribution in [-0.4, -0.2) is 9.97 Å². The zero-order chi connectivity index (χ0) is 38.2. The van der Waals surface area contributed by atoms with Gasteiger partial charge in [0.1, 0.15) is 0 Å². The molecule has 0 aliphatic rings. The molecule has 58 heavy (non-hydrogen) atoms. The first-order valence-corrected chi connectivity index (χ1v) is 19.9. The molecular weight excluding hydrogens is 701 g/mol. The lowest BCUT2D eigenvalue weighted by molar-refractivity contribution is 1.23. The van der Waals surface area contributed by atoms with Gasteiger partial charge in [-0.25, -0.2) is 9.97 Å². The van der Waals surface area contributed by atoms with E-state index in [0.29, 0.717) is 0 Å². The highest BCUT2D eigenvalue weighted by Crippen LogP contribution is 2.43. The molecule has 268 valence electrons. The van der Waals surface area contributed by atoms with Gasteiger partial charge in [0.25, 0.3) is 0 Å². The first-order valence-electron chi connectivity index (χ1n) is 19.9. The second-order valence-electron chi connectivity index (χ2n) is 15.2. The van der Waals surface area contributed by atoms with Crippen molar-refractivity contribution in [2.45, 2.75) is 0 Å². The molecule has 0 saturated carbocycles. The van der Waals surface area contributed by atoms with E-state index in [9.17, 15) is 0 Å². The average molecular weight is 735 g/mol. The topological polar surface area (TPSA) is 25.8 Å². The fourth-order valence-electron chi connectivity index (χ4n) is 9.44. The van der Waals surface area contributed by atoms with E-state index in [0.717, 1.165) is 38.9 Å². The molecule has 0 fully saturated rings. The molecule has 11 aromatic carbocycles. The molecule has 12 rings (SSSR count). The van der Waals surface area contributed by atoms with Crippen LogP contribution in [0.1, 0.15) is 0 Å². The van der Waals surface area contributed by atoms with E-state index in [2.05, 4.69) is 194 Å². The monoisotopic (exact) mass is 734 g/mol. The number of hydrogen-bond acceptors (Lipinski definition) is 2. The highest BCUT2D eigenvalue weighted by molar-refractivity contribution is 6.34. The maximum atomic E-state index is 5.23. The number of benzene rings is 10. The van der Waals surface area contributed by atoms with Crippen molar-refractivity contribution in [3.63, 3.8) is 0 Å². The summed E-state index contributed by atoms with van der Waals surface area (Å²) in [4.78, 5) is 10.3. The van der Waals surface area contributed by atoms with E-state index in [4.69, 9.17) is 9.97 Å². The normalized spacial score (nSPS) is 11.8. The van der Waals surface area contributed by atoms with Crippen LogP contribution in [0, 0.1) is 0 Å². The highest BCUT2D eigenvalue weighted by atomic mass is 14.9. The summed E-state index contributed by atoms with van der Waals surface area (Å²) in [6, 6.07) is 74.7. The number of para-hydroxylation sites is 1. The predicted octanol–water partition coefficient (Wildman–Crippen LogP) is 15.2. The number of aromatic nitrogens is 2. The van der Waals surface area contributed by atoms with Crippen molar-refractivity contribution in [1.82, 2.24) is 9.97 Å². The summed E-state index contributed by atoms with van der Waals surface area (Å²) in [7, 11) is 0. The standard InChI is InChI=1S/C56H34N2/c1-2-13-39(14-3-1)55-50-21-8-9-26-51(50)57-56(58-55)49-34-33-40(42-17-4-5-18-43(42)49)35-27-29-36(30-28-35)41-22-12-25-48-47-24-11-16-38-32-31-37-15-10-23-45(52(37)53(38)47)44-19-6-7-20-46(44)54(41)48/h1-34H. The van der Waals surface area contributed by atoms with Gasteiger partial charge in [0.15, 0.2) is 5.82 Å². The Bertz CT molecular complexity index is 3610. The lowest BCUT2D eigenvalue weighted by Crippen LogP contribution is -1.96. The summed E-state index contributed by atoms with van der Waals surface area (Å²) in [6.07, 6.45) is 0. The van der Waals surface area contributed by atoms with Gasteiger partial charge in [-0.2, -0.15) is 0 Å². The Kier molecular flexibility index (Phi) is 7.26. The zero-order valence-electron chi connectivity index (χ0n) is 31.5. The quantitative estimate of drug-likeness (QED) is 0.168. The first kappa shape index (κ1) is 32.6. The van der Waals surface area contributed by atoms with Crippen LogP contribution >= 0.6 is 0 Å². The maximum absolute atomic E-state index is 5.23. The number of hydrogen-bond donors (Lipinski definition) is 0. The van der Waals surface area contributed by atoms with Crippen LogP contribution in [0.3, 0.4) is 0 Å². The average Bonchev–Trinajstić information content (AvgIpc) is 3.30. The van der Waals surface area contributed by atoms with Gasteiger partial charge >= 0.3 is 0 Å². The molecule has 0 aliphatic carbocycles. The van der Waals surface area contributed by atoms with Gasteiger partial charge in [-0.05, 0) is 99.0 Å². The van der Waals surface area contributed by atoms with Crippen LogP contribution in [0.4, 0.5) is 0 Å². The molecule has 0 atom stereocenters. The van der Waals surface area contributed by atoms with Gasteiger partial charge in [-0.3, -0.25) is 0 Å². The Morgan fingerprint density at radius 3 is 1.43 bits per heavy atom. The Balaban J connectivity index is 1.04. The number of rotatable bonds is 4. The SMILES string of the molecule is c1ccc(-c2nc(-c3ccc(-c4ccc(-c5cccc6c7cccc8ccc9cccc(c%10ccccc%10c56)c9c87)cc4)c4ccccc34)nc3ccccc23)cc1. The molecule has 2 nitrogen and oxygen atoms in total. The summed E-state index contributed by atoms with van der Waals surface area (Å²) in [6.45, 7) is 0. The molecule has 0 saturated heterocycles. The van der Waals surface area contributed by atoms with Crippen LogP contribution in [0.5, 0.6) is 0 Å². The van der Waals surface area contributed by atoms with E-state index in [-0.39, 0.29) is 0 Å². The van der Waals surface area contributed by atoms with Crippen molar-refractivity contribution < 1.29 is 0 Å².